The van der Waals surface area contributed by atoms with Crippen LogP contribution in [0.2, 0.25) is 0 Å². The minimum Gasteiger partial charge on any atom is -0.381 e. The molecule has 2 rings (SSSR count). The minimum atomic E-state index is 0.412. The normalized spacial score (nSPS) is 27.2. The molecule has 0 bridgehead atoms. The smallest absolute Gasteiger partial charge is 0.0695 e. The first kappa shape index (κ1) is 5.54. The van der Waals surface area contributed by atoms with Crippen LogP contribution in [0.5, 0.6) is 0 Å². The van der Waals surface area contributed by atoms with Crippen molar-refractivity contribution in [2.24, 2.45) is 0 Å². The van der Waals surface area contributed by atoms with Crippen molar-refractivity contribution in [3.63, 3.8) is 0 Å². The molecular weight excluding hydrogens is 122 g/mol. The standard InChI is InChI=1S/C9H9N/c1-2-6-9-8(4-1)5-3-7-10-9/h1-7,9-10H/t9-/m1/s1. The third-order valence-corrected chi connectivity index (χ3v) is 1.72. The van der Waals surface area contributed by atoms with Crippen LogP contribution in [0.25, 0.3) is 0 Å². The molecule has 1 atom stereocenters. The van der Waals surface area contributed by atoms with Gasteiger partial charge in [0.1, 0.15) is 0 Å². The highest BCUT2D eigenvalue weighted by molar-refractivity contribution is 5.40. The maximum absolute atomic E-state index is 3.23. The molecule has 0 saturated carbocycles. The minimum absolute atomic E-state index is 0.412. The van der Waals surface area contributed by atoms with Crippen LogP contribution in [-0.2, 0) is 0 Å². The second-order valence-corrected chi connectivity index (χ2v) is 2.41. The highest BCUT2D eigenvalue weighted by Gasteiger charge is 2.09. The van der Waals surface area contributed by atoms with Crippen LogP contribution in [0.1, 0.15) is 0 Å². The van der Waals surface area contributed by atoms with E-state index in [1.165, 1.54) is 5.57 Å². The zero-order chi connectivity index (χ0) is 6.81. The number of rotatable bonds is 0. The van der Waals surface area contributed by atoms with E-state index in [1.54, 1.807) is 0 Å². The van der Waals surface area contributed by atoms with Gasteiger partial charge in [0.2, 0.25) is 0 Å². The lowest BCUT2D eigenvalue weighted by atomic mass is 10.0. The fourth-order valence-electron chi connectivity index (χ4n) is 1.19. The molecule has 0 saturated heterocycles. The van der Waals surface area contributed by atoms with Gasteiger partial charge >= 0.3 is 0 Å². The summed E-state index contributed by atoms with van der Waals surface area (Å²) >= 11 is 0. The largest absolute Gasteiger partial charge is 0.381 e. The topological polar surface area (TPSA) is 12.0 Å². The molecule has 0 aromatic carbocycles. The lowest BCUT2D eigenvalue weighted by Crippen LogP contribution is -2.26. The molecule has 1 aliphatic carbocycles. The van der Waals surface area contributed by atoms with Gasteiger partial charge in [-0.3, -0.25) is 0 Å². The SMILES string of the molecule is C1=CN[C@@H]2C=CC=CC2=C1. The number of hydrogen-bond acceptors (Lipinski definition) is 1. The molecule has 10 heavy (non-hydrogen) atoms. The maximum Gasteiger partial charge on any atom is 0.0695 e. The second-order valence-electron chi connectivity index (χ2n) is 2.41. The van der Waals surface area contributed by atoms with Gasteiger partial charge in [-0.25, -0.2) is 0 Å². The van der Waals surface area contributed by atoms with E-state index in [0.717, 1.165) is 0 Å². The van der Waals surface area contributed by atoms with Crippen molar-refractivity contribution in [3.8, 4) is 0 Å². The van der Waals surface area contributed by atoms with E-state index >= 15 is 0 Å². The van der Waals surface area contributed by atoms with Crippen LogP contribution in [0.3, 0.4) is 0 Å². The van der Waals surface area contributed by atoms with Gasteiger partial charge in [-0.15, -0.1) is 0 Å². The lowest BCUT2D eigenvalue weighted by Gasteiger charge is -2.19. The van der Waals surface area contributed by atoms with Gasteiger partial charge in [0, 0.05) is 0 Å². The van der Waals surface area contributed by atoms with Gasteiger partial charge in [0.15, 0.2) is 0 Å². The van der Waals surface area contributed by atoms with Gasteiger partial charge in [-0.2, -0.15) is 0 Å². The van der Waals surface area contributed by atoms with E-state index in [2.05, 4.69) is 35.7 Å². The molecule has 1 N–H and O–H groups in total. The van der Waals surface area contributed by atoms with Crippen molar-refractivity contribution in [1.82, 2.24) is 5.32 Å². The van der Waals surface area contributed by atoms with E-state index in [1.807, 2.05) is 12.3 Å². The maximum atomic E-state index is 3.23. The van der Waals surface area contributed by atoms with E-state index in [9.17, 15) is 0 Å². The first-order valence-corrected chi connectivity index (χ1v) is 3.44. The molecule has 0 amide bonds. The molecule has 0 fully saturated rings. The Hall–Kier alpha value is -1.24. The third kappa shape index (κ3) is 0.798. The Labute approximate surface area is 60.4 Å². The number of fused-ring (bicyclic) bond motifs is 1. The summed E-state index contributed by atoms with van der Waals surface area (Å²) in [5.41, 5.74) is 1.34. The fraction of sp³-hybridized carbons (Fsp3) is 0.111. The van der Waals surface area contributed by atoms with Crippen molar-refractivity contribution in [2.45, 2.75) is 6.04 Å². The van der Waals surface area contributed by atoms with Crippen molar-refractivity contribution in [3.05, 3.63) is 48.2 Å². The monoisotopic (exact) mass is 131 g/mol. The quantitative estimate of drug-likeness (QED) is 0.525. The summed E-state index contributed by atoms with van der Waals surface area (Å²) in [7, 11) is 0. The predicted molar refractivity (Wildman–Crippen MR) is 42.4 cm³/mol. The summed E-state index contributed by atoms with van der Waals surface area (Å²) < 4.78 is 0. The van der Waals surface area contributed by atoms with Crippen LogP contribution < -0.4 is 5.32 Å². The average Bonchev–Trinajstić information content (AvgIpc) is 2.05. The Morgan fingerprint density at radius 1 is 1.20 bits per heavy atom. The zero-order valence-corrected chi connectivity index (χ0v) is 5.62. The summed E-state index contributed by atoms with van der Waals surface area (Å²) in [5, 5.41) is 3.23. The van der Waals surface area contributed by atoms with Gasteiger partial charge < -0.3 is 5.32 Å². The van der Waals surface area contributed by atoms with Crippen LogP contribution >= 0.6 is 0 Å². The van der Waals surface area contributed by atoms with E-state index in [4.69, 9.17) is 0 Å². The Morgan fingerprint density at radius 2 is 2.20 bits per heavy atom. The molecule has 0 radical (unpaired) electrons. The number of dihydropyridines is 1. The molecule has 1 nitrogen and oxygen atoms in total. The van der Waals surface area contributed by atoms with E-state index in [0.29, 0.717) is 6.04 Å². The van der Waals surface area contributed by atoms with E-state index < -0.39 is 0 Å². The van der Waals surface area contributed by atoms with Gasteiger partial charge in [-0.05, 0) is 17.8 Å². The highest BCUT2D eigenvalue weighted by Crippen LogP contribution is 2.13. The number of hydrogen-bond donors (Lipinski definition) is 1. The summed E-state index contributed by atoms with van der Waals surface area (Å²) in [4.78, 5) is 0. The Morgan fingerprint density at radius 3 is 3.10 bits per heavy atom. The summed E-state index contributed by atoms with van der Waals surface area (Å²) in [5.74, 6) is 0. The van der Waals surface area contributed by atoms with Crippen molar-refractivity contribution >= 4 is 0 Å². The molecule has 2 aliphatic rings. The lowest BCUT2D eigenvalue weighted by molar-refractivity contribution is 0.795. The number of allylic oxidation sites excluding steroid dienone is 4. The predicted octanol–water partition coefficient (Wildman–Crippen LogP) is 1.52. The summed E-state index contributed by atoms with van der Waals surface area (Å²) in [6.07, 6.45) is 14.5. The first-order chi connectivity index (χ1) is 4.97. The van der Waals surface area contributed by atoms with Crippen LogP contribution in [0, 0.1) is 0 Å². The van der Waals surface area contributed by atoms with E-state index in [-0.39, 0.29) is 0 Å². The second kappa shape index (κ2) is 2.18. The van der Waals surface area contributed by atoms with Gasteiger partial charge in [0.25, 0.3) is 0 Å². The molecule has 0 unspecified atom stereocenters. The van der Waals surface area contributed by atoms with Crippen molar-refractivity contribution < 1.29 is 0 Å². The Kier molecular flexibility index (Phi) is 1.21. The molecule has 0 spiro atoms. The fourth-order valence-corrected chi connectivity index (χ4v) is 1.19. The van der Waals surface area contributed by atoms with Gasteiger partial charge in [0.05, 0.1) is 6.04 Å². The Balaban J connectivity index is 2.34. The molecule has 50 valence electrons. The molecule has 0 aromatic rings. The average molecular weight is 131 g/mol. The molecular formula is C9H9N. The highest BCUT2D eigenvalue weighted by atomic mass is 14.9. The van der Waals surface area contributed by atoms with Crippen LogP contribution in [0.4, 0.5) is 0 Å². The molecule has 1 aliphatic heterocycles. The number of nitrogens with one attached hydrogen (secondary N) is 1. The molecule has 1 heteroatoms. The molecule has 1 heterocycles. The Bertz CT molecular complexity index is 243. The first-order valence-electron chi connectivity index (χ1n) is 3.44. The summed E-state index contributed by atoms with van der Waals surface area (Å²) in [6, 6.07) is 0.412. The van der Waals surface area contributed by atoms with Crippen molar-refractivity contribution in [2.75, 3.05) is 0 Å². The zero-order valence-electron chi connectivity index (χ0n) is 5.62. The van der Waals surface area contributed by atoms with Gasteiger partial charge in [-0.1, -0.05) is 30.4 Å². The van der Waals surface area contributed by atoms with Crippen LogP contribution in [-0.4, -0.2) is 6.04 Å². The third-order valence-electron chi connectivity index (χ3n) is 1.72. The van der Waals surface area contributed by atoms with Crippen LogP contribution in [0.15, 0.2) is 48.2 Å². The summed E-state index contributed by atoms with van der Waals surface area (Å²) in [6.45, 7) is 0. The molecule has 0 aromatic heterocycles. The van der Waals surface area contributed by atoms with Crippen molar-refractivity contribution in [1.29, 1.82) is 0 Å².